The number of rotatable bonds is 6. The van der Waals surface area contributed by atoms with Crippen LogP contribution in [-0.2, 0) is 9.59 Å². The summed E-state index contributed by atoms with van der Waals surface area (Å²) in [6, 6.07) is 4.02. The van der Waals surface area contributed by atoms with Crippen LogP contribution in [0.2, 0.25) is 0 Å². The van der Waals surface area contributed by atoms with E-state index in [-0.39, 0.29) is 18.4 Å². The van der Waals surface area contributed by atoms with Gasteiger partial charge in [-0.3, -0.25) is 9.59 Å². The van der Waals surface area contributed by atoms with Gasteiger partial charge in [-0.25, -0.2) is 0 Å². The first-order chi connectivity index (χ1) is 10.6. The van der Waals surface area contributed by atoms with Crippen molar-refractivity contribution in [1.82, 2.24) is 10.6 Å². The van der Waals surface area contributed by atoms with Crippen molar-refractivity contribution in [2.24, 2.45) is 5.41 Å². The molecular formula is C18H28N2O3. The molecule has 5 heteroatoms. The molecule has 1 rings (SSSR count). The molecule has 1 aromatic rings. The van der Waals surface area contributed by atoms with Gasteiger partial charge in [0.25, 0.3) is 5.91 Å². The van der Waals surface area contributed by atoms with Gasteiger partial charge in [0, 0.05) is 18.5 Å². The Balaban J connectivity index is 2.36. The summed E-state index contributed by atoms with van der Waals surface area (Å²) in [6.45, 7) is 12.3. The number of amides is 2. The summed E-state index contributed by atoms with van der Waals surface area (Å²) in [5, 5.41) is 5.52. The van der Waals surface area contributed by atoms with E-state index < -0.39 is 5.41 Å². The van der Waals surface area contributed by atoms with Gasteiger partial charge >= 0.3 is 0 Å². The Hall–Kier alpha value is -2.04. The fraction of sp³-hybridized carbons (Fsp3) is 0.556. The molecule has 0 atom stereocenters. The predicted octanol–water partition coefficient (Wildman–Crippen LogP) is 2.27. The zero-order valence-corrected chi connectivity index (χ0v) is 15.0. The first-order valence-corrected chi connectivity index (χ1v) is 7.87. The largest absolute Gasteiger partial charge is 0.483 e. The number of nitrogens with one attached hydrogen (secondary N) is 2. The van der Waals surface area contributed by atoms with E-state index in [4.69, 9.17) is 4.74 Å². The third-order valence-corrected chi connectivity index (χ3v) is 3.64. The number of hydrogen-bond donors (Lipinski definition) is 2. The van der Waals surface area contributed by atoms with E-state index in [2.05, 4.69) is 10.6 Å². The van der Waals surface area contributed by atoms with Gasteiger partial charge in [0.1, 0.15) is 5.75 Å². The lowest BCUT2D eigenvalue weighted by atomic mass is 9.96. The molecule has 2 amide bonds. The summed E-state index contributed by atoms with van der Waals surface area (Å²) in [4.78, 5) is 23.5. The molecular weight excluding hydrogens is 292 g/mol. The molecule has 1 aromatic carbocycles. The van der Waals surface area contributed by atoms with E-state index in [1.807, 2.05) is 53.7 Å². The van der Waals surface area contributed by atoms with Crippen LogP contribution in [0.25, 0.3) is 0 Å². The first-order valence-electron chi connectivity index (χ1n) is 7.87. The quantitative estimate of drug-likeness (QED) is 0.790. The lowest BCUT2D eigenvalue weighted by Crippen LogP contribution is -2.40. The predicted molar refractivity (Wildman–Crippen MR) is 91.6 cm³/mol. The summed E-state index contributed by atoms with van der Waals surface area (Å²) >= 11 is 0. The van der Waals surface area contributed by atoms with Crippen LogP contribution in [0.3, 0.4) is 0 Å². The maximum absolute atomic E-state index is 11.8. The number of carbonyl (C=O) groups is 2. The van der Waals surface area contributed by atoms with Crippen LogP contribution in [0.4, 0.5) is 0 Å². The highest BCUT2D eigenvalue weighted by Gasteiger charge is 2.20. The molecule has 0 radical (unpaired) electrons. The first kappa shape index (κ1) is 19.0. The SMILES string of the molecule is Cc1ccc(C)c(OCC(=O)NCCNC(=O)C(C)(C)C)c1C. The van der Waals surface area contributed by atoms with Gasteiger partial charge in [0.05, 0.1) is 0 Å². The minimum absolute atomic E-state index is 0.0294. The minimum Gasteiger partial charge on any atom is -0.483 e. The maximum Gasteiger partial charge on any atom is 0.258 e. The summed E-state index contributed by atoms with van der Waals surface area (Å²) in [5.41, 5.74) is 2.78. The van der Waals surface area contributed by atoms with Gasteiger partial charge in [0.2, 0.25) is 5.91 Å². The molecule has 23 heavy (non-hydrogen) atoms. The minimum atomic E-state index is -0.423. The smallest absolute Gasteiger partial charge is 0.258 e. The third kappa shape index (κ3) is 5.93. The summed E-state index contributed by atoms with van der Waals surface area (Å²) in [7, 11) is 0. The fourth-order valence-corrected chi connectivity index (χ4v) is 1.98. The van der Waals surface area contributed by atoms with Crippen molar-refractivity contribution in [3.05, 3.63) is 28.8 Å². The van der Waals surface area contributed by atoms with Gasteiger partial charge < -0.3 is 15.4 Å². The van der Waals surface area contributed by atoms with Crippen LogP contribution in [0.15, 0.2) is 12.1 Å². The Bertz CT molecular complexity index is 574. The Morgan fingerprint density at radius 3 is 2.17 bits per heavy atom. The number of benzene rings is 1. The monoisotopic (exact) mass is 320 g/mol. The van der Waals surface area contributed by atoms with Crippen LogP contribution in [0, 0.1) is 26.2 Å². The van der Waals surface area contributed by atoms with Crippen molar-refractivity contribution in [2.45, 2.75) is 41.5 Å². The van der Waals surface area contributed by atoms with Crippen molar-refractivity contribution in [1.29, 1.82) is 0 Å². The average molecular weight is 320 g/mol. The van der Waals surface area contributed by atoms with Gasteiger partial charge in [0.15, 0.2) is 6.61 Å². The molecule has 0 fully saturated rings. The molecule has 2 N–H and O–H groups in total. The van der Waals surface area contributed by atoms with Gasteiger partial charge in [-0.1, -0.05) is 32.9 Å². The Kier molecular flexibility index (Phi) is 6.61. The fourth-order valence-electron chi connectivity index (χ4n) is 1.98. The zero-order valence-electron chi connectivity index (χ0n) is 15.0. The third-order valence-electron chi connectivity index (χ3n) is 3.64. The van der Waals surface area contributed by atoms with Crippen LogP contribution in [0.5, 0.6) is 5.75 Å². The molecule has 0 saturated carbocycles. The van der Waals surface area contributed by atoms with E-state index in [9.17, 15) is 9.59 Å². The lowest BCUT2D eigenvalue weighted by molar-refractivity contribution is -0.128. The maximum atomic E-state index is 11.8. The Labute approximate surface area is 138 Å². The van der Waals surface area contributed by atoms with E-state index in [0.29, 0.717) is 13.1 Å². The van der Waals surface area contributed by atoms with Gasteiger partial charge in [-0.05, 0) is 37.5 Å². The molecule has 0 aromatic heterocycles. The van der Waals surface area contributed by atoms with E-state index in [1.54, 1.807) is 0 Å². The molecule has 0 unspecified atom stereocenters. The second-order valence-electron chi connectivity index (χ2n) is 6.80. The molecule has 0 saturated heterocycles. The summed E-state index contributed by atoms with van der Waals surface area (Å²) in [6.07, 6.45) is 0. The second kappa shape index (κ2) is 7.99. The average Bonchev–Trinajstić information content (AvgIpc) is 2.46. The number of ether oxygens (including phenoxy) is 1. The molecule has 128 valence electrons. The summed E-state index contributed by atoms with van der Waals surface area (Å²) < 4.78 is 5.64. The zero-order chi connectivity index (χ0) is 17.6. The summed E-state index contributed by atoms with van der Waals surface area (Å²) in [5.74, 6) is 0.533. The molecule has 0 aliphatic heterocycles. The topological polar surface area (TPSA) is 67.4 Å². The van der Waals surface area contributed by atoms with Crippen LogP contribution in [0.1, 0.15) is 37.5 Å². The van der Waals surface area contributed by atoms with Crippen LogP contribution < -0.4 is 15.4 Å². The van der Waals surface area contributed by atoms with E-state index >= 15 is 0 Å². The van der Waals surface area contributed by atoms with Crippen molar-refractivity contribution < 1.29 is 14.3 Å². The molecule has 0 spiro atoms. The van der Waals surface area contributed by atoms with Crippen LogP contribution in [-0.4, -0.2) is 31.5 Å². The van der Waals surface area contributed by atoms with E-state index in [1.165, 1.54) is 0 Å². The molecule has 0 aliphatic rings. The van der Waals surface area contributed by atoms with Crippen molar-refractivity contribution in [2.75, 3.05) is 19.7 Å². The highest BCUT2D eigenvalue weighted by molar-refractivity contribution is 5.81. The van der Waals surface area contributed by atoms with Crippen molar-refractivity contribution in [3.63, 3.8) is 0 Å². The Morgan fingerprint density at radius 2 is 1.57 bits per heavy atom. The Morgan fingerprint density at radius 1 is 1.00 bits per heavy atom. The molecule has 0 aliphatic carbocycles. The number of carbonyl (C=O) groups excluding carboxylic acids is 2. The van der Waals surface area contributed by atoms with Gasteiger partial charge in [-0.15, -0.1) is 0 Å². The van der Waals surface area contributed by atoms with Crippen molar-refractivity contribution >= 4 is 11.8 Å². The highest BCUT2D eigenvalue weighted by atomic mass is 16.5. The number of hydrogen-bond acceptors (Lipinski definition) is 3. The van der Waals surface area contributed by atoms with Crippen molar-refractivity contribution in [3.8, 4) is 5.75 Å². The standard InChI is InChI=1S/C18H28N2O3/c1-12-7-8-13(2)16(14(12)3)23-11-15(21)19-9-10-20-17(22)18(4,5)6/h7-8H,9-11H2,1-6H3,(H,19,21)(H,20,22). The molecule has 0 heterocycles. The molecule has 0 bridgehead atoms. The van der Waals surface area contributed by atoms with Gasteiger partial charge in [-0.2, -0.15) is 0 Å². The number of aryl methyl sites for hydroxylation is 2. The normalized spacial score (nSPS) is 11.0. The lowest BCUT2D eigenvalue weighted by Gasteiger charge is -2.17. The molecule has 5 nitrogen and oxygen atoms in total. The van der Waals surface area contributed by atoms with Crippen LogP contribution >= 0.6 is 0 Å². The van der Waals surface area contributed by atoms with E-state index in [0.717, 1.165) is 22.4 Å². The second-order valence-corrected chi connectivity index (χ2v) is 6.80. The highest BCUT2D eigenvalue weighted by Crippen LogP contribution is 2.25.